The van der Waals surface area contributed by atoms with Crippen molar-refractivity contribution in [2.75, 3.05) is 7.05 Å². The van der Waals surface area contributed by atoms with E-state index in [-0.39, 0.29) is 6.10 Å². The number of aryl methyl sites for hydroxylation is 1. The van der Waals surface area contributed by atoms with Crippen LogP contribution in [0, 0.1) is 12.3 Å². The standard InChI is InChI=1S/C16H25NO/c1-12-5-7-13(8-6-12)18-15-11-16(2,3)10-9-14(15)17-4/h5-8,14-15,17H,9-11H2,1-4H3. The van der Waals surface area contributed by atoms with Crippen LogP contribution in [0.1, 0.15) is 38.7 Å². The fourth-order valence-electron chi connectivity index (χ4n) is 2.77. The highest BCUT2D eigenvalue weighted by Crippen LogP contribution is 2.37. The minimum Gasteiger partial charge on any atom is -0.489 e. The summed E-state index contributed by atoms with van der Waals surface area (Å²) >= 11 is 0. The van der Waals surface area contributed by atoms with Gasteiger partial charge >= 0.3 is 0 Å². The van der Waals surface area contributed by atoms with Crippen molar-refractivity contribution < 1.29 is 4.74 Å². The maximum atomic E-state index is 6.19. The van der Waals surface area contributed by atoms with E-state index in [9.17, 15) is 0 Å². The van der Waals surface area contributed by atoms with Crippen LogP contribution in [0.2, 0.25) is 0 Å². The minimum absolute atomic E-state index is 0.279. The Bertz CT molecular complexity index is 383. The lowest BCUT2D eigenvalue weighted by Gasteiger charge is -2.40. The maximum Gasteiger partial charge on any atom is 0.119 e. The van der Waals surface area contributed by atoms with Crippen molar-refractivity contribution in [3.63, 3.8) is 0 Å². The molecule has 2 atom stereocenters. The lowest BCUT2D eigenvalue weighted by molar-refractivity contribution is 0.0559. The Morgan fingerprint density at radius 2 is 1.89 bits per heavy atom. The monoisotopic (exact) mass is 247 g/mol. The summed E-state index contributed by atoms with van der Waals surface area (Å²) in [5, 5.41) is 3.40. The van der Waals surface area contributed by atoms with E-state index < -0.39 is 0 Å². The van der Waals surface area contributed by atoms with Crippen LogP contribution in [-0.2, 0) is 0 Å². The third-order valence-corrected chi connectivity index (χ3v) is 4.01. The molecular formula is C16H25NO. The molecule has 0 aliphatic heterocycles. The first-order valence-electron chi connectivity index (χ1n) is 6.91. The molecule has 2 rings (SSSR count). The van der Waals surface area contributed by atoms with Gasteiger partial charge in [0.15, 0.2) is 0 Å². The first kappa shape index (κ1) is 13.4. The summed E-state index contributed by atoms with van der Waals surface area (Å²) in [4.78, 5) is 0. The molecule has 100 valence electrons. The fourth-order valence-corrected chi connectivity index (χ4v) is 2.77. The van der Waals surface area contributed by atoms with Gasteiger partial charge in [0, 0.05) is 6.04 Å². The van der Waals surface area contributed by atoms with Crippen LogP contribution < -0.4 is 10.1 Å². The molecule has 1 aliphatic carbocycles. The van der Waals surface area contributed by atoms with Gasteiger partial charge in [-0.15, -0.1) is 0 Å². The molecule has 18 heavy (non-hydrogen) atoms. The Hall–Kier alpha value is -1.02. The van der Waals surface area contributed by atoms with Gasteiger partial charge in [0.1, 0.15) is 11.9 Å². The van der Waals surface area contributed by atoms with Crippen molar-refractivity contribution in [2.24, 2.45) is 5.41 Å². The van der Waals surface area contributed by atoms with E-state index in [0.29, 0.717) is 11.5 Å². The van der Waals surface area contributed by atoms with Gasteiger partial charge in [0.2, 0.25) is 0 Å². The topological polar surface area (TPSA) is 21.3 Å². The molecule has 1 fully saturated rings. The molecular weight excluding hydrogens is 222 g/mol. The van der Waals surface area contributed by atoms with E-state index in [0.717, 1.165) is 12.2 Å². The van der Waals surface area contributed by atoms with E-state index in [2.05, 4.69) is 50.4 Å². The molecule has 0 saturated heterocycles. The van der Waals surface area contributed by atoms with E-state index in [1.54, 1.807) is 0 Å². The molecule has 0 bridgehead atoms. The average molecular weight is 247 g/mol. The molecule has 1 N–H and O–H groups in total. The van der Waals surface area contributed by atoms with Crippen molar-refractivity contribution in [3.05, 3.63) is 29.8 Å². The van der Waals surface area contributed by atoms with Crippen molar-refractivity contribution in [1.29, 1.82) is 0 Å². The minimum atomic E-state index is 0.279. The lowest BCUT2D eigenvalue weighted by Crippen LogP contribution is -2.47. The number of hydrogen-bond donors (Lipinski definition) is 1. The SMILES string of the molecule is CNC1CCC(C)(C)CC1Oc1ccc(C)cc1. The molecule has 0 amide bonds. The second-order valence-corrected chi connectivity index (χ2v) is 6.27. The summed E-state index contributed by atoms with van der Waals surface area (Å²) in [6.07, 6.45) is 3.86. The summed E-state index contributed by atoms with van der Waals surface area (Å²) in [7, 11) is 2.04. The third kappa shape index (κ3) is 3.26. The molecule has 1 aromatic carbocycles. The smallest absolute Gasteiger partial charge is 0.119 e. The Morgan fingerprint density at radius 1 is 1.22 bits per heavy atom. The Kier molecular flexibility index (Phi) is 3.96. The van der Waals surface area contributed by atoms with Crippen LogP contribution in [-0.4, -0.2) is 19.2 Å². The summed E-state index contributed by atoms with van der Waals surface area (Å²) in [6, 6.07) is 8.84. The van der Waals surface area contributed by atoms with E-state index in [1.165, 1.54) is 18.4 Å². The first-order chi connectivity index (χ1) is 8.50. The van der Waals surface area contributed by atoms with Crippen LogP contribution in [0.4, 0.5) is 0 Å². The number of benzene rings is 1. The number of nitrogens with one attached hydrogen (secondary N) is 1. The van der Waals surface area contributed by atoms with Gasteiger partial charge in [-0.1, -0.05) is 31.5 Å². The molecule has 0 heterocycles. The van der Waals surface area contributed by atoms with Crippen LogP contribution in [0.5, 0.6) is 5.75 Å². The summed E-state index contributed by atoms with van der Waals surface area (Å²) in [6.45, 7) is 6.78. The van der Waals surface area contributed by atoms with Gasteiger partial charge in [-0.25, -0.2) is 0 Å². The number of rotatable bonds is 3. The molecule has 0 aromatic heterocycles. The van der Waals surface area contributed by atoms with Gasteiger partial charge in [-0.05, 0) is 50.8 Å². The normalized spacial score (nSPS) is 26.9. The van der Waals surface area contributed by atoms with Crippen LogP contribution in [0.15, 0.2) is 24.3 Å². The van der Waals surface area contributed by atoms with Crippen molar-refractivity contribution in [3.8, 4) is 5.75 Å². The highest BCUT2D eigenvalue weighted by molar-refractivity contribution is 5.26. The van der Waals surface area contributed by atoms with Gasteiger partial charge in [-0.3, -0.25) is 0 Å². The van der Waals surface area contributed by atoms with Crippen molar-refractivity contribution >= 4 is 0 Å². The second kappa shape index (κ2) is 5.31. The largest absolute Gasteiger partial charge is 0.489 e. The van der Waals surface area contributed by atoms with E-state index >= 15 is 0 Å². The van der Waals surface area contributed by atoms with Crippen LogP contribution in [0.3, 0.4) is 0 Å². The Morgan fingerprint density at radius 3 is 2.50 bits per heavy atom. The zero-order chi connectivity index (χ0) is 13.2. The zero-order valence-electron chi connectivity index (χ0n) is 12.0. The molecule has 1 aliphatic rings. The average Bonchev–Trinajstić information content (AvgIpc) is 2.31. The second-order valence-electron chi connectivity index (χ2n) is 6.27. The molecule has 1 aromatic rings. The number of ether oxygens (including phenoxy) is 1. The number of likely N-dealkylation sites (N-methyl/N-ethyl adjacent to an activating group) is 1. The van der Waals surface area contributed by atoms with Crippen LogP contribution in [0.25, 0.3) is 0 Å². The van der Waals surface area contributed by atoms with Crippen molar-refractivity contribution in [2.45, 2.75) is 52.2 Å². The van der Waals surface area contributed by atoms with E-state index in [1.807, 2.05) is 7.05 Å². The molecule has 2 nitrogen and oxygen atoms in total. The number of hydrogen-bond acceptors (Lipinski definition) is 2. The Labute approximate surface area is 111 Å². The maximum absolute atomic E-state index is 6.19. The van der Waals surface area contributed by atoms with Crippen molar-refractivity contribution in [1.82, 2.24) is 5.32 Å². The third-order valence-electron chi connectivity index (χ3n) is 4.01. The molecule has 2 heteroatoms. The van der Waals surface area contributed by atoms with Crippen LogP contribution >= 0.6 is 0 Å². The molecule has 1 saturated carbocycles. The predicted molar refractivity (Wildman–Crippen MR) is 76.1 cm³/mol. The van der Waals surface area contributed by atoms with Gasteiger partial charge in [-0.2, -0.15) is 0 Å². The highest BCUT2D eigenvalue weighted by Gasteiger charge is 2.35. The van der Waals surface area contributed by atoms with Gasteiger partial charge in [0.05, 0.1) is 0 Å². The predicted octanol–water partition coefficient (Wildman–Crippen LogP) is 3.54. The highest BCUT2D eigenvalue weighted by atomic mass is 16.5. The summed E-state index contributed by atoms with van der Waals surface area (Å²) in [5.41, 5.74) is 1.67. The zero-order valence-corrected chi connectivity index (χ0v) is 12.0. The summed E-state index contributed by atoms with van der Waals surface area (Å²) in [5.74, 6) is 0.989. The lowest BCUT2D eigenvalue weighted by atomic mass is 9.74. The first-order valence-corrected chi connectivity index (χ1v) is 6.91. The summed E-state index contributed by atoms with van der Waals surface area (Å²) < 4.78 is 6.19. The Balaban J connectivity index is 2.07. The van der Waals surface area contributed by atoms with Gasteiger partial charge in [0.25, 0.3) is 0 Å². The molecule has 0 spiro atoms. The molecule has 2 unspecified atom stereocenters. The molecule has 0 radical (unpaired) electrons. The fraction of sp³-hybridized carbons (Fsp3) is 0.625. The quantitative estimate of drug-likeness (QED) is 0.882. The van der Waals surface area contributed by atoms with Gasteiger partial charge < -0.3 is 10.1 Å². The van der Waals surface area contributed by atoms with E-state index in [4.69, 9.17) is 4.74 Å².